The molecule has 0 amide bonds. The fraction of sp³-hybridized carbons (Fsp3) is 0.417. The molecule has 5 heterocycles. The lowest BCUT2D eigenvalue weighted by molar-refractivity contribution is 0.0772. The molecule has 1 saturated heterocycles. The van der Waals surface area contributed by atoms with E-state index in [1.807, 2.05) is 13.8 Å². The van der Waals surface area contributed by atoms with Crippen molar-refractivity contribution in [3.63, 3.8) is 0 Å². The molecular weight excluding hydrogens is 572 g/mol. The van der Waals surface area contributed by atoms with Crippen molar-refractivity contribution in [2.45, 2.75) is 38.5 Å². The van der Waals surface area contributed by atoms with Crippen molar-refractivity contribution in [2.75, 3.05) is 30.9 Å². The van der Waals surface area contributed by atoms with E-state index in [-0.39, 0.29) is 25.6 Å². The van der Waals surface area contributed by atoms with Gasteiger partial charge in [-0.1, -0.05) is 5.21 Å². The van der Waals surface area contributed by atoms with Crippen LogP contribution in [0.25, 0.3) is 28.1 Å². The first-order valence-corrected chi connectivity index (χ1v) is 16.3. The summed E-state index contributed by atoms with van der Waals surface area (Å²) in [5.74, 6) is 0.492. The van der Waals surface area contributed by atoms with Crippen molar-refractivity contribution in [3.8, 4) is 23.1 Å². The third kappa shape index (κ3) is 6.20. The van der Waals surface area contributed by atoms with E-state index in [1.165, 1.54) is 15.2 Å². The quantitative estimate of drug-likeness (QED) is 0.286. The number of sulfonamides is 1. The largest absolute Gasteiger partial charge is 0.382 e. The first-order valence-electron chi connectivity index (χ1n) is 12.6. The smallest absolute Gasteiger partial charge is 0.264 e. The Kier molecular flexibility index (Phi) is 7.50. The highest BCUT2D eigenvalue weighted by atomic mass is 32.2. The average Bonchev–Trinajstić information content (AvgIpc) is 3.54. The summed E-state index contributed by atoms with van der Waals surface area (Å²) >= 11 is 0. The van der Waals surface area contributed by atoms with Gasteiger partial charge in [-0.15, -0.1) is 5.10 Å². The zero-order chi connectivity index (χ0) is 29.5. The van der Waals surface area contributed by atoms with E-state index in [0.29, 0.717) is 39.4 Å². The summed E-state index contributed by atoms with van der Waals surface area (Å²) < 4.78 is 57.7. The predicted octanol–water partition coefficient (Wildman–Crippen LogP) is 1.32. The van der Waals surface area contributed by atoms with Crippen molar-refractivity contribution >= 4 is 36.9 Å². The van der Waals surface area contributed by atoms with Crippen molar-refractivity contribution in [1.82, 2.24) is 39.0 Å². The molecule has 0 radical (unpaired) electrons. The SMILES string of the molecule is CC(C)Nc1cc(-n2ncc3cc(C#N)cnc32)ncc1-c1cn([C@@H]2CCN(S(C)(=O)=O)C[C@H]2OS(C)(=O)=O)nn1. The monoisotopic (exact) mass is 600 g/mol. The van der Waals surface area contributed by atoms with Crippen LogP contribution in [0, 0.1) is 11.3 Å². The Bertz CT molecular complexity index is 1860. The average molecular weight is 601 g/mol. The summed E-state index contributed by atoms with van der Waals surface area (Å²) in [5, 5.41) is 26.2. The Morgan fingerprint density at radius 2 is 1.90 bits per heavy atom. The second kappa shape index (κ2) is 10.8. The third-order valence-electron chi connectivity index (χ3n) is 6.47. The molecule has 15 nitrogen and oxygen atoms in total. The molecule has 1 aliphatic rings. The minimum absolute atomic E-state index is 0.0533. The van der Waals surface area contributed by atoms with Crippen LogP contribution in [-0.2, 0) is 24.3 Å². The van der Waals surface area contributed by atoms with Crippen molar-refractivity contribution < 1.29 is 21.0 Å². The highest BCUT2D eigenvalue weighted by Gasteiger charge is 2.37. The highest BCUT2D eigenvalue weighted by Crippen LogP contribution is 2.32. The number of nitriles is 1. The summed E-state index contributed by atoms with van der Waals surface area (Å²) in [5.41, 5.74) is 2.78. The second-order valence-electron chi connectivity index (χ2n) is 10.1. The number of nitrogens with zero attached hydrogens (tertiary/aromatic N) is 9. The molecule has 4 aromatic heterocycles. The fourth-order valence-corrected chi connectivity index (χ4v) is 6.20. The van der Waals surface area contributed by atoms with Gasteiger partial charge in [0.05, 0.1) is 36.5 Å². The van der Waals surface area contributed by atoms with Gasteiger partial charge in [-0.05, 0) is 26.3 Å². The zero-order valence-electron chi connectivity index (χ0n) is 22.7. The van der Waals surface area contributed by atoms with Gasteiger partial charge in [0.2, 0.25) is 10.0 Å². The van der Waals surface area contributed by atoms with Crippen LogP contribution in [0.4, 0.5) is 5.69 Å². The van der Waals surface area contributed by atoms with Gasteiger partial charge >= 0.3 is 0 Å². The van der Waals surface area contributed by atoms with Crippen LogP contribution in [0.3, 0.4) is 0 Å². The normalized spacial score (nSPS) is 18.5. The van der Waals surface area contributed by atoms with Gasteiger partial charge in [-0.3, -0.25) is 4.18 Å². The number of hydrogen-bond donors (Lipinski definition) is 1. The summed E-state index contributed by atoms with van der Waals surface area (Å²) in [6.45, 7) is 4.01. The predicted molar refractivity (Wildman–Crippen MR) is 149 cm³/mol. The maximum absolute atomic E-state index is 12.1. The van der Waals surface area contributed by atoms with Crippen molar-refractivity contribution in [1.29, 1.82) is 5.26 Å². The van der Waals surface area contributed by atoms with Gasteiger partial charge in [0.25, 0.3) is 10.1 Å². The van der Waals surface area contributed by atoms with E-state index in [0.717, 1.165) is 12.5 Å². The Hall–Kier alpha value is -3.98. The van der Waals surface area contributed by atoms with Crippen LogP contribution in [-0.4, -0.2) is 93.6 Å². The molecule has 2 atom stereocenters. The lowest BCUT2D eigenvalue weighted by Gasteiger charge is -2.36. The number of pyridine rings is 2. The van der Waals surface area contributed by atoms with E-state index in [9.17, 15) is 16.8 Å². The van der Waals surface area contributed by atoms with Gasteiger partial charge in [-0.2, -0.15) is 27.8 Å². The Morgan fingerprint density at radius 3 is 2.59 bits per heavy atom. The van der Waals surface area contributed by atoms with E-state index < -0.39 is 32.3 Å². The number of aromatic nitrogens is 7. The molecule has 5 rings (SSSR count). The van der Waals surface area contributed by atoms with Gasteiger partial charge in [0, 0.05) is 54.2 Å². The molecule has 0 bridgehead atoms. The number of nitrogens with one attached hydrogen (secondary N) is 1. The van der Waals surface area contributed by atoms with E-state index in [4.69, 9.17) is 9.44 Å². The lowest BCUT2D eigenvalue weighted by Crippen LogP contribution is -2.48. The number of anilines is 1. The van der Waals surface area contributed by atoms with Crippen LogP contribution >= 0.6 is 0 Å². The lowest BCUT2D eigenvalue weighted by atomic mass is 10.0. The molecule has 17 heteroatoms. The van der Waals surface area contributed by atoms with Crippen molar-refractivity contribution in [3.05, 3.63) is 42.5 Å². The van der Waals surface area contributed by atoms with Gasteiger partial charge in [0.15, 0.2) is 11.5 Å². The highest BCUT2D eigenvalue weighted by molar-refractivity contribution is 7.88. The molecule has 4 aromatic rings. The second-order valence-corrected chi connectivity index (χ2v) is 13.7. The fourth-order valence-electron chi connectivity index (χ4n) is 4.71. The van der Waals surface area contributed by atoms with Gasteiger partial charge in [-0.25, -0.2) is 23.1 Å². The first-order chi connectivity index (χ1) is 19.3. The molecule has 0 aromatic carbocycles. The van der Waals surface area contributed by atoms with Gasteiger partial charge < -0.3 is 5.32 Å². The molecule has 216 valence electrons. The molecule has 0 saturated carbocycles. The molecule has 1 N–H and O–H groups in total. The van der Waals surface area contributed by atoms with Crippen LogP contribution in [0.5, 0.6) is 0 Å². The van der Waals surface area contributed by atoms with Crippen LogP contribution < -0.4 is 5.32 Å². The molecule has 41 heavy (non-hydrogen) atoms. The van der Waals surface area contributed by atoms with Crippen LogP contribution in [0.15, 0.2) is 36.9 Å². The summed E-state index contributed by atoms with van der Waals surface area (Å²) in [6, 6.07) is 5.06. The summed E-state index contributed by atoms with van der Waals surface area (Å²) in [7, 11) is -7.42. The molecule has 0 spiro atoms. The minimum Gasteiger partial charge on any atom is -0.382 e. The third-order valence-corrected chi connectivity index (χ3v) is 8.33. The summed E-state index contributed by atoms with van der Waals surface area (Å²) in [6.07, 6.45) is 7.66. The maximum Gasteiger partial charge on any atom is 0.264 e. The number of fused-ring (bicyclic) bond motifs is 1. The Morgan fingerprint density at radius 1 is 1.12 bits per heavy atom. The Labute approximate surface area is 236 Å². The van der Waals surface area contributed by atoms with Crippen LogP contribution in [0.1, 0.15) is 31.9 Å². The van der Waals surface area contributed by atoms with Crippen molar-refractivity contribution in [2.24, 2.45) is 0 Å². The maximum atomic E-state index is 12.1. The van der Waals surface area contributed by atoms with Crippen LogP contribution in [0.2, 0.25) is 0 Å². The van der Waals surface area contributed by atoms with Gasteiger partial charge in [0.1, 0.15) is 17.9 Å². The molecule has 0 aliphatic carbocycles. The number of rotatable bonds is 8. The van der Waals surface area contributed by atoms with E-state index in [2.05, 4.69) is 36.8 Å². The topological polar surface area (TPSA) is 191 Å². The standard InChI is InChI=1S/C24H28N10O5S2/c1-15(2)29-19-8-23(34-24-17(11-28-34)7-16(9-25)10-27-24)26-12-18(19)20-13-33(31-30-20)21-5-6-32(40(3,35)36)14-22(21)39-41(4,37)38/h7-8,10-13,15,21-22H,5-6,14H2,1-4H3,(H,26,29)/t21-,22-/m1/s1. The summed E-state index contributed by atoms with van der Waals surface area (Å²) in [4.78, 5) is 8.94. The number of piperidine rings is 1. The van der Waals surface area contributed by atoms with E-state index in [1.54, 1.807) is 35.4 Å². The molecule has 0 unspecified atom stereocenters. The molecule has 1 fully saturated rings. The Balaban J connectivity index is 1.49. The molecular formula is C24H28N10O5S2. The zero-order valence-corrected chi connectivity index (χ0v) is 24.3. The first kappa shape index (κ1) is 28.5. The van der Waals surface area contributed by atoms with E-state index >= 15 is 0 Å². The molecule has 1 aliphatic heterocycles. The minimum atomic E-state index is -3.88. The number of hydrogen-bond acceptors (Lipinski definition) is 12.